The summed E-state index contributed by atoms with van der Waals surface area (Å²) in [6.07, 6.45) is -4.48. The van der Waals surface area contributed by atoms with E-state index in [1.165, 1.54) is 12.1 Å². The van der Waals surface area contributed by atoms with Crippen LogP contribution in [-0.4, -0.2) is 69.3 Å². The molecule has 2 aromatic carbocycles. The third-order valence-corrected chi connectivity index (χ3v) is 6.78. The van der Waals surface area contributed by atoms with Gasteiger partial charge in [-0.05, 0) is 30.3 Å². The van der Waals surface area contributed by atoms with Gasteiger partial charge in [0, 0.05) is 44.8 Å². The van der Waals surface area contributed by atoms with Gasteiger partial charge in [-0.15, -0.1) is 0 Å². The topological polar surface area (TPSA) is 66.9 Å². The molecule has 1 N–H and O–H groups in total. The molecule has 1 saturated heterocycles. The Hall–Kier alpha value is -3.05. The number of ether oxygens (including phenoxy) is 2. The standard InChI is InChI=1S/C23H25F3N4O3S/c1-32-17-6-7-18-19(20(17)33-2)28-22(34-18)30-12-10-29(11-13-30)9-8-27-21(31)15-4-3-5-16(14-15)23(24,25)26/h3-7,14H,8-13H2,1-2H3,(H,27,31). The second-order valence-corrected chi connectivity index (χ2v) is 8.82. The maximum absolute atomic E-state index is 12.9. The van der Waals surface area contributed by atoms with Crippen LogP contribution in [0.5, 0.6) is 11.5 Å². The van der Waals surface area contributed by atoms with Crippen LogP contribution in [-0.2, 0) is 6.18 Å². The van der Waals surface area contributed by atoms with Crippen LogP contribution in [0.25, 0.3) is 10.2 Å². The van der Waals surface area contributed by atoms with Crippen molar-refractivity contribution in [3.8, 4) is 11.5 Å². The monoisotopic (exact) mass is 494 g/mol. The molecule has 1 aromatic heterocycles. The van der Waals surface area contributed by atoms with Crippen LogP contribution in [0, 0.1) is 0 Å². The number of carbonyl (C=O) groups excluding carboxylic acids is 1. The minimum atomic E-state index is -4.48. The molecule has 4 rings (SSSR count). The van der Waals surface area contributed by atoms with Gasteiger partial charge in [0.2, 0.25) is 0 Å². The lowest BCUT2D eigenvalue weighted by Crippen LogP contribution is -2.48. The number of alkyl halides is 3. The molecule has 11 heteroatoms. The van der Waals surface area contributed by atoms with Crippen molar-refractivity contribution in [1.82, 2.24) is 15.2 Å². The van der Waals surface area contributed by atoms with E-state index in [-0.39, 0.29) is 5.56 Å². The van der Waals surface area contributed by atoms with Gasteiger partial charge in [-0.2, -0.15) is 13.2 Å². The quantitative estimate of drug-likeness (QED) is 0.538. The van der Waals surface area contributed by atoms with E-state index < -0.39 is 17.6 Å². The van der Waals surface area contributed by atoms with E-state index in [9.17, 15) is 18.0 Å². The number of rotatable bonds is 7. The van der Waals surface area contributed by atoms with Crippen LogP contribution in [0.2, 0.25) is 0 Å². The Morgan fingerprint density at radius 1 is 1.12 bits per heavy atom. The molecule has 0 aliphatic carbocycles. The van der Waals surface area contributed by atoms with Gasteiger partial charge in [0.1, 0.15) is 5.52 Å². The lowest BCUT2D eigenvalue weighted by molar-refractivity contribution is -0.137. The molecule has 7 nitrogen and oxygen atoms in total. The van der Waals surface area contributed by atoms with Gasteiger partial charge in [0.05, 0.1) is 24.5 Å². The minimum Gasteiger partial charge on any atom is -0.493 e. The van der Waals surface area contributed by atoms with Gasteiger partial charge in [0.25, 0.3) is 5.91 Å². The number of nitrogens with zero attached hydrogens (tertiary/aromatic N) is 3. The number of anilines is 1. The number of aromatic nitrogens is 1. The fourth-order valence-electron chi connectivity index (χ4n) is 3.86. The Kier molecular flexibility index (Phi) is 7.13. The first-order valence-corrected chi connectivity index (χ1v) is 11.6. The highest BCUT2D eigenvalue weighted by Gasteiger charge is 2.31. The number of methoxy groups -OCH3 is 2. The summed E-state index contributed by atoms with van der Waals surface area (Å²) in [6.45, 7) is 4.10. The zero-order valence-electron chi connectivity index (χ0n) is 18.8. The highest BCUT2D eigenvalue weighted by molar-refractivity contribution is 7.22. The van der Waals surface area contributed by atoms with E-state index in [0.717, 1.165) is 53.7 Å². The number of thiazole rings is 1. The summed E-state index contributed by atoms with van der Waals surface area (Å²) in [4.78, 5) is 21.4. The molecule has 2 heterocycles. The fraction of sp³-hybridized carbons (Fsp3) is 0.391. The molecular formula is C23H25F3N4O3S. The van der Waals surface area contributed by atoms with E-state index in [1.54, 1.807) is 25.6 Å². The van der Waals surface area contributed by atoms with Crippen LogP contribution in [0.4, 0.5) is 18.3 Å². The van der Waals surface area contributed by atoms with Crippen LogP contribution in [0.15, 0.2) is 36.4 Å². The number of halogens is 3. The molecule has 1 amide bonds. The third-order valence-electron chi connectivity index (χ3n) is 5.70. The third kappa shape index (κ3) is 5.20. The lowest BCUT2D eigenvalue weighted by Gasteiger charge is -2.34. The summed E-state index contributed by atoms with van der Waals surface area (Å²) >= 11 is 1.60. The SMILES string of the molecule is COc1ccc2sc(N3CCN(CCNC(=O)c4cccc(C(F)(F)F)c4)CC3)nc2c1OC. The van der Waals surface area contributed by atoms with E-state index in [1.807, 2.05) is 12.1 Å². The highest BCUT2D eigenvalue weighted by Crippen LogP contribution is 2.40. The van der Waals surface area contributed by atoms with Crippen molar-refractivity contribution in [2.45, 2.75) is 6.18 Å². The molecule has 0 atom stereocenters. The first-order valence-electron chi connectivity index (χ1n) is 10.7. The zero-order valence-corrected chi connectivity index (χ0v) is 19.6. The zero-order chi connectivity index (χ0) is 24.3. The summed E-state index contributed by atoms with van der Waals surface area (Å²) in [5, 5.41) is 3.63. The fourth-order valence-corrected chi connectivity index (χ4v) is 4.88. The molecule has 1 aliphatic heterocycles. The molecule has 0 saturated carbocycles. The van der Waals surface area contributed by atoms with Crippen molar-refractivity contribution in [1.29, 1.82) is 0 Å². The predicted molar refractivity (Wildman–Crippen MR) is 125 cm³/mol. The number of benzene rings is 2. The number of piperazine rings is 1. The number of hydrogen-bond donors (Lipinski definition) is 1. The van der Waals surface area contributed by atoms with Crippen LogP contribution >= 0.6 is 11.3 Å². The lowest BCUT2D eigenvalue weighted by atomic mass is 10.1. The molecule has 1 aliphatic rings. The minimum absolute atomic E-state index is 0.00235. The Labute approximate surface area is 199 Å². The Bertz CT molecular complexity index is 1160. The van der Waals surface area contributed by atoms with Gasteiger partial charge in [-0.1, -0.05) is 17.4 Å². The van der Waals surface area contributed by atoms with Gasteiger partial charge < -0.3 is 19.7 Å². The smallest absolute Gasteiger partial charge is 0.416 e. The van der Waals surface area contributed by atoms with Crippen molar-refractivity contribution < 1.29 is 27.4 Å². The maximum atomic E-state index is 12.9. The van der Waals surface area contributed by atoms with Crippen LogP contribution < -0.4 is 19.7 Å². The summed E-state index contributed by atoms with van der Waals surface area (Å²) in [5.74, 6) is 0.755. The molecule has 0 radical (unpaired) electrons. The van der Waals surface area contributed by atoms with Gasteiger partial charge in [-0.25, -0.2) is 4.98 Å². The van der Waals surface area contributed by atoms with Crippen molar-refractivity contribution in [3.05, 3.63) is 47.5 Å². The number of amides is 1. The number of fused-ring (bicyclic) bond motifs is 1. The molecule has 0 bridgehead atoms. The predicted octanol–water partition coefficient (Wildman–Crippen LogP) is 3.88. The number of hydrogen-bond acceptors (Lipinski definition) is 7. The highest BCUT2D eigenvalue weighted by atomic mass is 32.1. The molecule has 182 valence electrons. The second kappa shape index (κ2) is 10.1. The Balaban J connectivity index is 1.29. The van der Waals surface area contributed by atoms with E-state index in [4.69, 9.17) is 14.5 Å². The van der Waals surface area contributed by atoms with Crippen molar-refractivity contribution >= 4 is 32.6 Å². The molecule has 3 aromatic rings. The van der Waals surface area contributed by atoms with Crippen molar-refractivity contribution in [2.24, 2.45) is 0 Å². The normalized spacial score (nSPS) is 14.9. The van der Waals surface area contributed by atoms with Crippen molar-refractivity contribution in [3.63, 3.8) is 0 Å². The van der Waals surface area contributed by atoms with E-state index >= 15 is 0 Å². The van der Waals surface area contributed by atoms with Crippen molar-refractivity contribution in [2.75, 3.05) is 58.4 Å². The van der Waals surface area contributed by atoms with Crippen LogP contribution in [0.1, 0.15) is 15.9 Å². The first kappa shape index (κ1) is 24.1. The second-order valence-electron chi connectivity index (χ2n) is 7.81. The molecular weight excluding hydrogens is 469 g/mol. The Morgan fingerprint density at radius 2 is 1.88 bits per heavy atom. The molecule has 0 unspecified atom stereocenters. The average Bonchev–Trinajstić information content (AvgIpc) is 3.27. The van der Waals surface area contributed by atoms with Crippen LogP contribution in [0.3, 0.4) is 0 Å². The first-order chi connectivity index (χ1) is 16.3. The summed E-state index contributed by atoms with van der Waals surface area (Å²) in [5.41, 5.74) is -0.0497. The van der Waals surface area contributed by atoms with E-state index in [2.05, 4.69) is 15.1 Å². The summed E-state index contributed by atoms with van der Waals surface area (Å²) in [7, 11) is 3.19. The van der Waals surface area contributed by atoms with Gasteiger partial charge in [-0.3, -0.25) is 9.69 Å². The molecule has 0 spiro atoms. The van der Waals surface area contributed by atoms with Gasteiger partial charge in [0.15, 0.2) is 16.6 Å². The maximum Gasteiger partial charge on any atom is 0.416 e. The molecule has 1 fully saturated rings. The molecule has 34 heavy (non-hydrogen) atoms. The number of nitrogens with one attached hydrogen (secondary N) is 1. The van der Waals surface area contributed by atoms with E-state index in [0.29, 0.717) is 24.6 Å². The van der Waals surface area contributed by atoms with Gasteiger partial charge >= 0.3 is 6.18 Å². The average molecular weight is 495 g/mol. The summed E-state index contributed by atoms with van der Waals surface area (Å²) in [6, 6.07) is 8.29. The largest absolute Gasteiger partial charge is 0.493 e. The summed E-state index contributed by atoms with van der Waals surface area (Å²) < 4.78 is 50.4. The Morgan fingerprint density at radius 3 is 2.56 bits per heavy atom. The number of carbonyl (C=O) groups is 1.